The second-order valence-electron chi connectivity index (χ2n) is 4.57. The molecule has 0 aliphatic heterocycles. The van der Waals surface area contributed by atoms with Crippen LogP contribution in [0, 0.1) is 5.92 Å². The molecule has 1 heterocycles. The Labute approximate surface area is 102 Å². The fourth-order valence-electron chi connectivity index (χ4n) is 2.07. The van der Waals surface area contributed by atoms with Gasteiger partial charge in [-0.3, -0.25) is 0 Å². The molecule has 1 atom stereocenters. The molecule has 0 amide bonds. The zero-order valence-electron chi connectivity index (χ0n) is 10.5. The molecule has 0 bridgehead atoms. The monoisotopic (exact) mass is 236 g/mol. The Morgan fingerprint density at radius 1 is 1.53 bits per heavy atom. The average molecular weight is 236 g/mol. The highest BCUT2D eigenvalue weighted by atomic mass is 16.5. The zero-order valence-corrected chi connectivity index (χ0v) is 10.5. The molecule has 1 fully saturated rings. The molecule has 1 aromatic heterocycles. The molecule has 2 N–H and O–H groups in total. The van der Waals surface area contributed by atoms with Gasteiger partial charge >= 0.3 is 0 Å². The molecule has 94 valence electrons. The molecule has 0 aromatic carbocycles. The molecule has 1 saturated carbocycles. The van der Waals surface area contributed by atoms with Crippen LogP contribution < -0.4 is 10.6 Å². The fraction of sp³-hybridized carbons (Fsp3) is 0.667. The van der Waals surface area contributed by atoms with Crippen molar-refractivity contribution in [2.75, 3.05) is 30.9 Å². The van der Waals surface area contributed by atoms with Crippen molar-refractivity contribution in [1.29, 1.82) is 0 Å². The van der Waals surface area contributed by atoms with E-state index in [2.05, 4.69) is 21.8 Å². The smallest absolute Gasteiger partial charge is 0.134 e. The molecule has 0 spiro atoms. The van der Waals surface area contributed by atoms with E-state index in [-0.39, 0.29) is 0 Å². The lowest BCUT2D eigenvalue weighted by atomic mass is 10.2. The Morgan fingerprint density at radius 3 is 2.88 bits per heavy atom. The number of anilines is 2. The summed E-state index contributed by atoms with van der Waals surface area (Å²) in [6.07, 6.45) is 4.14. The van der Waals surface area contributed by atoms with E-state index in [0.717, 1.165) is 18.3 Å². The normalized spacial score (nSPS) is 16.8. The maximum absolute atomic E-state index is 5.71. The van der Waals surface area contributed by atoms with Crippen LogP contribution in [0.15, 0.2) is 12.4 Å². The molecule has 1 unspecified atom stereocenters. The minimum Gasteiger partial charge on any atom is -0.384 e. The Balaban J connectivity index is 2.13. The number of aromatic nitrogens is 2. The van der Waals surface area contributed by atoms with E-state index < -0.39 is 0 Å². The molecule has 0 saturated heterocycles. The average Bonchev–Trinajstić information content (AvgIpc) is 3.13. The largest absolute Gasteiger partial charge is 0.384 e. The third-order valence-corrected chi connectivity index (χ3v) is 3.30. The first-order chi connectivity index (χ1) is 8.22. The van der Waals surface area contributed by atoms with Crippen LogP contribution >= 0.6 is 0 Å². The van der Waals surface area contributed by atoms with Crippen LogP contribution in [0.4, 0.5) is 11.6 Å². The van der Waals surface area contributed by atoms with Gasteiger partial charge in [0.05, 0.1) is 6.61 Å². The molecule has 5 heteroatoms. The summed E-state index contributed by atoms with van der Waals surface area (Å²) in [4.78, 5) is 10.5. The van der Waals surface area contributed by atoms with Gasteiger partial charge in [0.1, 0.15) is 18.0 Å². The number of rotatable bonds is 6. The summed E-state index contributed by atoms with van der Waals surface area (Å²) in [5, 5.41) is 0. The Kier molecular flexibility index (Phi) is 3.78. The van der Waals surface area contributed by atoms with Crippen LogP contribution in [-0.4, -0.2) is 36.3 Å². The van der Waals surface area contributed by atoms with Crippen molar-refractivity contribution in [2.45, 2.75) is 25.8 Å². The van der Waals surface area contributed by atoms with E-state index in [4.69, 9.17) is 10.5 Å². The predicted molar refractivity (Wildman–Crippen MR) is 67.9 cm³/mol. The second kappa shape index (κ2) is 5.31. The standard InChI is InChI=1S/C12H20N4O/c1-9(10-3-4-10)16(5-6-17-2)12-7-11(13)14-8-15-12/h7-10H,3-6H2,1-2H3,(H2,13,14,15). The molecule has 0 radical (unpaired) electrons. The molecule has 2 rings (SSSR count). The van der Waals surface area contributed by atoms with Crippen LogP contribution in [0.5, 0.6) is 0 Å². The first-order valence-corrected chi connectivity index (χ1v) is 6.05. The number of nitrogen functional groups attached to an aromatic ring is 1. The van der Waals surface area contributed by atoms with Gasteiger partial charge in [-0.1, -0.05) is 0 Å². The number of nitrogens with zero attached hydrogens (tertiary/aromatic N) is 3. The highest BCUT2D eigenvalue weighted by Gasteiger charge is 2.32. The predicted octanol–water partition coefficient (Wildman–Crippen LogP) is 1.31. The van der Waals surface area contributed by atoms with Gasteiger partial charge in [0.15, 0.2) is 0 Å². The van der Waals surface area contributed by atoms with Gasteiger partial charge in [-0.15, -0.1) is 0 Å². The lowest BCUT2D eigenvalue weighted by molar-refractivity contribution is 0.202. The number of hydrogen-bond acceptors (Lipinski definition) is 5. The summed E-state index contributed by atoms with van der Waals surface area (Å²) < 4.78 is 5.16. The third-order valence-electron chi connectivity index (χ3n) is 3.30. The Hall–Kier alpha value is -1.36. The lowest BCUT2D eigenvalue weighted by Gasteiger charge is -2.30. The van der Waals surface area contributed by atoms with Gasteiger partial charge in [0, 0.05) is 25.8 Å². The lowest BCUT2D eigenvalue weighted by Crippen LogP contribution is -2.38. The summed E-state index contributed by atoms with van der Waals surface area (Å²) in [5.74, 6) is 2.19. The highest BCUT2D eigenvalue weighted by Crippen LogP contribution is 2.36. The van der Waals surface area contributed by atoms with Crippen molar-refractivity contribution >= 4 is 11.6 Å². The van der Waals surface area contributed by atoms with Gasteiger partial charge in [0.25, 0.3) is 0 Å². The topological polar surface area (TPSA) is 64.3 Å². The van der Waals surface area contributed by atoms with Crippen molar-refractivity contribution in [3.05, 3.63) is 12.4 Å². The number of hydrogen-bond donors (Lipinski definition) is 1. The molecule has 1 aliphatic carbocycles. The second-order valence-corrected chi connectivity index (χ2v) is 4.57. The van der Waals surface area contributed by atoms with Crippen LogP contribution in [0.25, 0.3) is 0 Å². The quantitative estimate of drug-likeness (QED) is 0.806. The zero-order chi connectivity index (χ0) is 12.3. The first kappa shape index (κ1) is 12.1. The van der Waals surface area contributed by atoms with Crippen LogP contribution in [0.1, 0.15) is 19.8 Å². The Morgan fingerprint density at radius 2 is 2.29 bits per heavy atom. The summed E-state index contributed by atoms with van der Waals surface area (Å²) in [7, 11) is 1.72. The van der Waals surface area contributed by atoms with E-state index in [1.54, 1.807) is 7.11 Å². The SMILES string of the molecule is COCCN(c1cc(N)ncn1)C(C)C1CC1. The molecule has 5 nitrogen and oxygen atoms in total. The summed E-state index contributed by atoms with van der Waals surface area (Å²) in [6.45, 7) is 3.78. The van der Waals surface area contributed by atoms with Crippen LogP contribution in [-0.2, 0) is 4.74 Å². The van der Waals surface area contributed by atoms with Gasteiger partial charge < -0.3 is 15.4 Å². The van der Waals surface area contributed by atoms with E-state index >= 15 is 0 Å². The Bertz CT molecular complexity index is 367. The number of methoxy groups -OCH3 is 1. The fourth-order valence-corrected chi connectivity index (χ4v) is 2.07. The van der Waals surface area contributed by atoms with Crippen molar-refractivity contribution < 1.29 is 4.74 Å². The van der Waals surface area contributed by atoms with Crippen molar-refractivity contribution in [2.24, 2.45) is 5.92 Å². The highest BCUT2D eigenvalue weighted by molar-refractivity contribution is 5.46. The minimum absolute atomic E-state index is 0.486. The van der Waals surface area contributed by atoms with Gasteiger partial charge in [-0.2, -0.15) is 0 Å². The van der Waals surface area contributed by atoms with Crippen molar-refractivity contribution in [3.8, 4) is 0 Å². The van der Waals surface area contributed by atoms with Gasteiger partial charge in [0.2, 0.25) is 0 Å². The third kappa shape index (κ3) is 3.06. The molecular weight excluding hydrogens is 216 g/mol. The maximum Gasteiger partial charge on any atom is 0.134 e. The van der Waals surface area contributed by atoms with E-state index in [1.807, 2.05) is 6.07 Å². The molecule has 1 aromatic rings. The molecular formula is C12H20N4O. The van der Waals surface area contributed by atoms with Crippen LogP contribution in [0.3, 0.4) is 0 Å². The van der Waals surface area contributed by atoms with E-state index in [1.165, 1.54) is 19.2 Å². The summed E-state index contributed by atoms with van der Waals surface area (Å²) in [5.41, 5.74) is 5.71. The number of ether oxygens (including phenoxy) is 1. The van der Waals surface area contributed by atoms with Crippen molar-refractivity contribution in [1.82, 2.24) is 9.97 Å². The van der Waals surface area contributed by atoms with Crippen LogP contribution in [0.2, 0.25) is 0 Å². The summed E-state index contributed by atoms with van der Waals surface area (Å²) in [6, 6.07) is 2.31. The van der Waals surface area contributed by atoms with E-state index in [9.17, 15) is 0 Å². The van der Waals surface area contributed by atoms with E-state index in [0.29, 0.717) is 18.5 Å². The maximum atomic E-state index is 5.71. The number of nitrogens with two attached hydrogens (primary N) is 1. The van der Waals surface area contributed by atoms with Gasteiger partial charge in [-0.05, 0) is 25.7 Å². The summed E-state index contributed by atoms with van der Waals surface area (Å²) >= 11 is 0. The minimum atomic E-state index is 0.486. The first-order valence-electron chi connectivity index (χ1n) is 6.05. The molecule has 1 aliphatic rings. The van der Waals surface area contributed by atoms with Crippen molar-refractivity contribution in [3.63, 3.8) is 0 Å². The van der Waals surface area contributed by atoms with Gasteiger partial charge in [-0.25, -0.2) is 9.97 Å². The molecule has 17 heavy (non-hydrogen) atoms.